The molecule has 3 heterocycles. The van der Waals surface area contributed by atoms with Crippen molar-refractivity contribution in [2.24, 2.45) is 5.92 Å². The lowest BCUT2D eigenvalue weighted by Crippen LogP contribution is -2.57. The second-order valence-electron chi connectivity index (χ2n) is 13.8. The van der Waals surface area contributed by atoms with Crippen molar-refractivity contribution in [3.63, 3.8) is 0 Å². The number of carbonyl (C=O) groups excluding carboxylic acids is 4. The molecule has 5 rings (SSSR count). The number of nitrogens with one attached hydrogen (secondary N) is 1. The van der Waals surface area contributed by atoms with Crippen LogP contribution in [0.1, 0.15) is 85.5 Å². The Morgan fingerprint density at radius 3 is 2.49 bits per heavy atom. The van der Waals surface area contributed by atoms with Crippen molar-refractivity contribution in [3.05, 3.63) is 23.2 Å². The van der Waals surface area contributed by atoms with Crippen LogP contribution < -0.4 is 10.2 Å². The molecule has 1 aliphatic carbocycles. The highest BCUT2D eigenvalue weighted by molar-refractivity contribution is 6.31. The summed E-state index contributed by atoms with van der Waals surface area (Å²) in [4.78, 5) is 58.1. The summed E-state index contributed by atoms with van der Waals surface area (Å²) in [6, 6.07) is 3.97. The molecule has 0 spiro atoms. The van der Waals surface area contributed by atoms with Crippen LogP contribution in [0.3, 0.4) is 0 Å². The topological polar surface area (TPSA) is 117 Å². The monoisotopic (exact) mass is 642 g/mol. The first-order valence-electron chi connectivity index (χ1n) is 16.4. The van der Waals surface area contributed by atoms with Crippen molar-refractivity contribution < 1.29 is 23.9 Å². The summed E-state index contributed by atoms with van der Waals surface area (Å²) in [5, 5.41) is 9.36. The van der Waals surface area contributed by atoms with Gasteiger partial charge in [-0.05, 0) is 83.9 Å². The van der Waals surface area contributed by atoms with Gasteiger partial charge in [-0.2, -0.15) is 5.10 Å². The molecule has 246 valence electrons. The number of ether oxygens (including phenoxy) is 1. The molecule has 0 unspecified atom stereocenters. The van der Waals surface area contributed by atoms with E-state index in [0.29, 0.717) is 36.9 Å². The van der Waals surface area contributed by atoms with Gasteiger partial charge in [-0.1, -0.05) is 30.9 Å². The smallest absolute Gasteiger partial charge is 0.410 e. The number of aromatic nitrogens is 2. The largest absolute Gasteiger partial charge is 0.444 e. The summed E-state index contributed by atoms with van der Waals surface area (Å²) < 4.78 is 7.36. The van der Waals surface area contributed by atoms with Crippen LogP contribution in [0.5, 0.6) is 0 Å². The van der Waals surface area contributed by atoms with Crippen LogP contribution in [0.2, 0.25) is 5.02 Å². The average Bonchev–Trinajstić information content (AvgIpc) is 3.73. The van der Waals surface area contributed by atoms with E-state index < -0.39 is 23.8 Å². The number of amides is 4. The molecular weight excluding hydrogens is 596 g/mol. The second kappa shape index (κ2) is 13.6. The molecule has 1 aromatic carbocycles. The SMILES string of the molecule is C[C@@H](C(=O)N[C@H](C(=O)N1CCC[C@H]1Cn1nc(N2CCCC2=O)c2cc(Cl)ccc21)C1CCCCC1)N(C)C(=O)OC(C)(C)C. The van der Waals surface area contributed by atoms with E-state index in [0.717, 1.165) is 62.3 Å². The van der Waals surface area contributed by atoms with Gasteiger partial charge in [-0.15, -0.1) is 0 Å². The first-order valence-corrected chi connectivity index (χ1v) is 16.7. The minimum absolute atomic E-state index is 0.0240. The molecule has 12 heteroatoms. The fourth-order valence-electron chi connectivity index (χ4n) is 6.83. The second-order valence-corrected chi connectivity index (χ2v) is 14.2. The normalized spacial score (nSPS) is 20.8. The number of fused-ring (bicyclic) bond motifs is 1. The lowest BCUT2D eigenvalue weighted by molar-refractivity contribution is -0.140. The summed E-state index contributed by atoms with van der Waals surface area (Å²) >= 11 is 6.36. The minimum atomic E-state index is -0.818. The number of likely N-dealkylation sites (N-methyl/N-ethyl adjacent to an activating group) is 1. The lowest BCUT2D eigenvalue weighted by atomic mass is 9.83. The Labute approximate surface area is 270 Å². The molecule has 3 fully saturated rings. The summed E-state index contributed by atoms with van der Waals surface area (Å²) in [7, 11) is 1.54. The molecule has 0 radical (unpaired) electrons. The summed E-state index contributed by atoms with van der Waals surface area (Å²) in [5.41, 5.74) is 0.175. The van der Waals surface area contributed by atoms with Gasteiger partial charge in [0, 0.05) is 37.0 Å². The number of hydrogen-bond acceptors (Lipinski definition) is 6. The molecule has 1 aromatic heterocycles. The summed E-state index contributed by atoms with van der Waals surface area (Å²) in [6.07, 6.45) is 7.23. The van der Waals surface area contributed by atoms with Crippen LogP contribution in [0.15, 0.2) is 18.2 Å². The highest BCUT2D eigenvalue weighted by Crippen LogP contribution is 2.34. The van der Waals surface area contributed by atoms with E-state index in [9.17, 15) is 19.2 Å². The molecule has 3 aliphatic rings. The summed E-state index contributed by atoms with van der Waals surface area (Å²) in [5.74, 6) is 0.228. The quantitative estimate of drug-likeness (QED) is 0.427. The van der Waals surface area contributed by atoms with E-state index in [1.807, 2.05) is 27.8 Å². The predicted octanol–water partition coefficient (Wildman–Crippen LogP) is 5.13. The number of carbonyl (C=O) groups is 4. The van der Waals surface area contributed by atoms with Gasteiger partial charge < -0.3 is 15.0 Å². The first kappa shape index (κ1) is 33.0. The standard InChI is InChI=1S/C33H47ClN6O5/c1-21(37(5)32(44)45-33(2,3)4)30(42)35-28(22-11-7-6-8-12-22)31(43)38-17-9-13-24(38)20-40-26-16-15-23(34)19-25(26)29(36-40)39-18-10-14-27(39)41/h15-16,19,21-22,24,28H,6-14,17-18,20H2,1-5H3,(H,35,42)/t21-,24-,28-/m0/s1. The van der Waals surface area contributed by atoms with Gasteiger partial charge in [-0.25, -0.2) is 4.79 Å². The Kier molecular flexibility index (Phi) is 9.96. The number of nitrogens with zero attached hydrogens (tertiary/aromatic N) is 5. The molecule has 1 N–H and O–H groups in total. The zero-order chi connectivity index (χ0) is 32.5. The third-order valence-corrected chi connectivity index (χ3v) is 9.63. The van der Waals surface area contributed by atoms with Crippen LogP contribution in [0.25, 0.3) is 10.9 Å². The Bertz CT molecular complexity index is 1430. The Morgan fingerprint density at radius 1 is 1.09 bits per heavy atom. The maximum absolute atomic E-state index is 14.4. The predicted molar refractivity (Wildman–Crippen MR) is 173 cm³/mol. The zero-order valence-corrected chi connectivity index (χ0v) is 27.9. The highest BCUT2D eigenvalue weighted by Gasteiger charge is 2.40. The first-order chi connectivity index (χ1) is 21.3. The third-order valence-electron chi connectivity index (χ3n) is 9.39. The molecule has 0 bridgehead atoms. The third kappa shape index (κ3) is 7.39. The van der Waals surface area contributed by atoms with Gasteiger partial charge in [0.1, 0.15) is 17.7 Å². The van der Waals surface area contributed by atoms with E-state index in [-0.39, 0.29) is 29.7 Å². The van der Waals surface area contributed by atoms with Crippen LogP contribution >= 0.6 is 11.6 Å². The van der Waals surface area contributed by atoms with Crippen molar-refractivity contribution in [2.45, 2.75) is 116 Å². The average molecular weight is 643 g/mol. The molecule has 4 amide bonds. The van der Waals surface area contributed by atoms with Crippen molar-refractivity contribution >= 4 is 52.1 Å². The fourth-order valence-corrected chi connectivity index (χ4v) is 7.00. The number of rotatable bonds is 8. The minimum Gasteiger partial charge on any atom is -0.444 e. The molecule has 3 atom stereocenters. The Morgan fingerprint density at radius 2 is 1.82 bits per heavy atom. The number of hydrogen-bond donors (Lipinski definition) is 1. The van der Waals surface area contributed by atoms with Gasteiger partial charge in [0.15, 0.2) is 5.82 Å². The van der Waals surface area contributed by atoms with Gasteiger partial charge in [-0.3, -0.25) is 28.9 Å². The molecule has 45 heavy (non-hydrogen) atoms. The van der Waals surface area contributed by atoms with Crippen molar-refractivity contribution in [1.29, 1.82) is 0 Å². The summed E-state index contributed by atoms with van der Waals surface area (Å²) in [6.45, 7) is 8.67. The number of halogens is 1. The van der Waals surface area contributed by atoms with Crippen LogP contribution in [-0.2, 0) is 25.7 Å². The van der Waals surface area contributed by atoms with Gasteiger partial charge in [0.2, 0.25) is 17.7 Å². The van der Waals surface area contributed by atoms with Gasteiger partial charge in [0.25, 0.3) is 0 Å². The van der Waals surface area contributed by atoms with E-state index >= 15 is 0 Å². The molecule has 11 nitrogen and oxygen atoms in total. The van der Waals surface area contributed by atoms with Crippen molar-refractivity contribution in [2.75, 3.05) is 25.0 Å². The van der Waals surface area contributed by atoms with E-state index in [1.54, 1.807) is 32.6 Å². The Hall–Kier alpha value is -3.34. The molecular formula is C33H47ClN6O5. The number of benzene rings is 1. The molecule has 2 aliphatic heterocycles. The fraction of sp³-hybridized carbons (Fsp3) is 0.667. The van der Waals surface area contributed by atoms with E-state index in [2.05, 4.69) is 5.32 Å². The number of anilines is 1. The lowest BCUT2D eigenvalue weighted by Gasteiger charge is -2.36. The van der Waals surface area contributed by atoms with Crippen LogP contribution in [0, 0.1) is 5.92 Å². The van der Waals surface area contributed by atoms with Crippen molar-refractivity contribution in [3.8, 4) is 0 Å². The molecule has 1 saturated carbocycles. The molecule has 2 saturated heterocycles. The zero-order valence-electron chi connectivity index (χ0n) is 27.2. The Balaban J connectivity index is 1.36. The highest BCUT2D eigenvalue weighted by atomic mass is 35.5. The van der Waals surface area contributed by atoms with E-state index in [4.69, 9.17) is 21.4 Å². The van der Waals surface area contributed by atoms with Crippen molar-refractivity contribution in [1.82, 2.24) is 24.9 Å². The van der Waals surface area contributed by atoms with Gasteiger partial charge >= 0.3 is 6.09 Å². The van der Waals surface area contributed by atoms with E-state index in [1.165, 1.54) is 11.9 Å². The van der Waals surface area contributed by atoms with Gasteiger partial charge in [0.05, 0.1) is 18.1 Å². The number of likely N-dealkylation sites (tertiary alicyclic amines) is 1. The van der Waals surface area contributed by atoms with Crippen LogP contribution in [-0.4, -0.2) is 87.3 Å². The maximum Gasteiger partial charge on any atom is 0.410 e. The van der Waals surface area contributed by atoms with Crippen LogP contribution in [0.4, 0.5) is 10.6 Å². The molecule has 2 aromatic rings. The maximum atomic E-state index is 14.4.